The third kappa shape index (κ3) is 5.88. The molecule has 1 aliphatic rings. The van der Waals surface area contributed by atoms with Gasteiger partial charge in [-0.1, -0.05) is 34.8 Å². The molecule has 1 fully saturated rings. The topological polar surface area (TPSA) is 90.0 Å². The summed E-state index contributed by atoms with van der Waals surface area (Å²) in [4.78, 5) is 25.6. The van der Waals surface area contributed by atoms with E-state index < -0.39 is 40.5 Å². The average molecular weight is 459 g/mol. The first-order valence-corrected chi connectivity index (χ1v) is 10.9. The molecule has 27 heavy (non-hydrogen) atoms. The molecule has 1 heterocycles. The Bertz CT molecular complexity index is 845. The fraction of sp³-hybridized carbons (Fsp3) is 0.500. The number of carbonyl (C=O) groups excluding carboxylic acids is 2. The molecule has 1 aliphatic heterocycles. The summed E-state index contributed by atoms with van der Waals surface area (Å²) in [6.07, 6.45) is -0.719. The van der Waals surface area contributed by atoms with Gasteiger partial charge in [0.15, 0.2) is 22.5 Å². The Balaban J connectivity index is 1.88. The molecular weight excluding hydrogens is 441 g/mol. The molecule has 150 valence electrons. The summed E-state index contributed by atoms with van der Waals surface area (Å²) >= 11 is 17.6. The van der Waals surface area contributed by atoms with E-state index in [1.807, 2.05) is 0 Å². The van der Waals surface area contributed by atoms with Crippen LogP contribution >= 0.6 is 34.8 Å². The molecule has 0 N–H and O–H groups in total. The number of sulfone groups is 1. The van der Waals surface area contributed by atoms with Crippen molar-refractivity contribution in [3.8, 4) is 5.75 Å². The second-order valence-corrected chi connectivity index (χ2v) is 9.57. The summed E-state index contributed by atoms with van der Waals surface area (Å²) in [5, 5.41) is 0.623. The van der Waals surface area contributed by atoms with E-state index in [2.05, 4.69) is 0 Å². The van der Waals surface area contributed by atoms with Crippen molar-refractivity contribution in [1.29, 1.82) is 0 Å². The molecule has 0 bridgehead atoms. The highest BCUT2D eigenvalue weighted by molar-refractivity contribution is 7.91. The minimum Gasteiger partial charge on any atom is -0.480 e. The zero-order valence-corrected chi connectivity index (χ0v) is 17.7. The monoisotopic (exact) mass is 457 g/mol. The summed E-state index contributed by atoms with van der Waals surface area (Å²) in [5.74, 6) is -1.17. The highest BCUT2D eigenvalue weighted by atomic mass is 35.5. The quantitative estimate of drug-likeness (QED) is 0.481. The van der Waals surface area contributed by atoms with E-state index in [0.717, 1.165) is 0 Å². The molecule has 2 atom stereocenters. The first-order chi connectivity index (χ1) is 12.5. The van der Waals surface area contributed by atoms with E-state index in [0.29, 0.717) is 6.42 Å². The van der Waals surface area contributed by atoms with Crippen LogP contribution in [0.15, 0.2) is 12.1 Å². The minimum absolute atomic E-state index is 0.0434. The van der Waals surface area contributed by atoms with E-state index in [1.165, 1.54) is 31.0 Å². The Morgan fingerprint density at radius 2 is 1.85 bits per heavy atom. The van der Waals surface area contributed by atoms with Crippen molar-refractivity contribution < 1.29 is 27.5 Å². The Morgan fingerprint density at radius 3 is 2.44 bits per heavy atom. The first-order valence-electron chi connectivity index (χ1n) is 7.94. The van der Waals surface area contributed by atoms with Crippen molar-refractivity contribution in [2.75, 3.05) is 25.2 Å². The Kier molecular flexibility index (Phi) is 7.24. The number of halogens is 3. The number of hydrogen-bond acceptors (Lipinski definition) is 6. The predicted octanol–water partition coefficient (Wildman–Crippen LogP) is 2.60. The Hall–Kier alpha value is -1.22. The van der Waals surface area contributed by atoms with Gasteiger partial charge in [-0.05, 0) is 19.4 Å². The van der Waals surface area contributed by atoms with Crippen molar-refractivity contribution in [3.63, 3.8) is 0 Å². The molecule has 0 aromatic heterocycles. The third-order valence-corrected chi connectivity index (χ3v) is 6.85. The number of nitrogens with zero attached hydrogens (tertiary/aromatic N) is 1. The maximum Gasteiger partial charge on any atom is 0.344 e. The Morgan fingerprint density at radius 1 is 1.22 bits per heavy atom. The molecule has 0 saturated carbocycles. The van der Waals surface area contributed by atoms with Gasteiger partial charge < -0.3 is 14.4 Å². The van der Waals surface area contributed by atoms with Gasteiger partial charge in [-0.2, -0.15) is 0 Å². The smallest absolute Gasteiger partial charge is 0.344 e. The first kappa shape index (κ1) is 22.1. The number of carbonyl (C=O) groups is 2. The number of rotatable bonds is 6. The minimum atomic E-state index is -3.13. The summed E-state index contributed by atoms with van der Waals surface area (Å²) in [5.41, 5.74) is 0. The van der Waals surface area contributed by atoms with Crippen molar-refractivity contribution in [1.82, 2.24) is 4.90 Å². The van der Waals surface area contributed by atoms with Crippen LogP contribution in [0.1, 0.15) is 13.3 Å². The van der Waals surface area contributed by atoms with Gasteiger partial charge in [0, 0.05) is 19.2 Å². The van der Waals surface area contributed by atoms with Crippen molar-refractivity contribution in [3.05, 3.63) is 27.2 Å². The fourth-order valence-electron chi connectivity index (χ4n) is 2.58. The maximum atomic E-state index is 12.3. The zero-order chi connectivity index (χ0) is 20.4. The molecule has 1 saturated heterocycles. The molecule has 11 heteroatoms. The molecule has 2 rings (SSSR count). The van der Waals surface area contributed by atoms with Crippen LogP contribution in [0.4, 0.5) is 0 Å². The number of likely N-dealkylation sites (N-methyl/N-ethyl adjacent to an activating group) is 1. The van der Waals surface area contributed by atoms with Crippen LogP contribution in [-0.2, 0) is 24.2 Å². The van der Waals surface area contributed by atoms with Crippen LogP contribution in [-0.4, -0.2) is 62.5 Å². The molecule has 1 aromatic rings. The molecule has 1 amide bonds. The molecular formula is C16H18Cl3NO6S. The molecule has 7 nitrogen and oxygen atoms in total. The lowest BCUT2D eigenvalue weighted by molar-refractivity contribution is -0.160. The van der Waals surface area contributed by atoms with Gasteiger partial charge in [0.2, 0.25) is 0 Å². The molecule has 0 spiro atoms. The van der Waals surface area contributed by atoms with Crippen LogP contribution in [0.25, 0.3) is 0 Å². The number of benzene rings is 1. The lowest BCUT2D eigenvalue weighted by Gasteiger charge is -2.26. The second kappa shape index (κ2) is 8.86. The number of amides is 1. The third-order valence-electron chi connectivity index (χ3n) is 4.08. The number of esters is 1. The maximum absolute atomic E-state index is 12.3. The highest BCUT2D eigenvalue weighted by Crippen LogP contribution is 2.33. The van der Waals surface area contributed by atoms with Crippen LogP contribution < -0.4 is 4.74 Å². The predicted molar refractivity (Wildman–Crippen MR) is 102 cm³/mol. The molecule has 0 radical (unpaired) electrons. The van der Waals surface area contributed by atoms with Crippen molar-refractivity contribution in [2.45, 2.75) is 25.5 Å². The van der Waals surface area contributed by atoms with Gasteiger partial charge in [0.25, 0.3) is 5.91 Å². The van der Waals surface area contributed by atoms with Gasteiger partial charge in [0.05, 0.1) is 26.6 Å². The standard InChI is InChI=1S/C16H18Cl3NO6S/c1-9(16(22)20(2)10-3-4-27(23,24)8-10)26-15(21)7-25-14-6-12(18)11(17)5-13(14)19/h5-6,9-10H,3-4,7-8H2,1-2H3. The van der Waals surface area contributed by atoms with E-state index >= 15 is 0 Å². The molecule has 0 aliphatic carbocycles. The van der Waals surface area contributed by atoms with Gasteiger partial charge >= 0.3 is 5.97 Å². The highest BCUT2D eigenvalue weighted by Gasteiger charge is 2.34. The van der Waals surface area contributed by atoms with E-state index in [4.69, 9.17) is 44.3 Å². The Labute approximate surface area is 172 Å². The van der Waals surface area contributed by atoms with E-state index in [-0.39, 0.29) is 32.3 Å². The summed E-state index contributed by atoms with van der Waals surface area (Å²) in [7, 11) is -1.64. The molecule has 2 unspecified atom stereocenters. The zero-order valence-electron chi connectivity index (χ0n) is 14.6. The lowest BCUT2D eigenvalue weighted by atomic mass is 10.2. The van der Waals surface area contributed by atoms with E-state index in [1.54, 1.807) is 0 Å². The van der Waals surface area contributed by atoms with Gasteiger partial charge in [-0.25, -0.2) is 13.2 Å². The van der Waals surface area contributed by atoms with Crippen molar-refractivity contribution in [2.24, 2.45) is 0 Å². The van der Waals surface area contributed by atoms with Gasteiger partial charge in [-0.15, -0.1) is 0 Å². The second-order valence-electron chi connectivity index (χ2n) is 6.12. The lowest BCUT2D eigenvalue weighted by Crippen LogP contribution is -2.44. The number of ether oxygens (including phenoxy) is 2. The van der Waals surface area contributed by atoms with E-state index in [9.17, 15) is 18.0 Å². The number of hydrogen-bond donors (Lipinski definition) is 0. The summed E-state index contributed by atoms with van der Waals surface area (Å²) < 4.78 is 33.4. The van der Waals surface area contributed by atoms with Crippen LogP contribution in [0.3, 0.4) is 0 Å². The molecule has 1 aromatic carbocycles. The summed E-state index contributed by atoms with van der Waals surface area (Å²) in [6, 6.07) is 2.32. The van der Waals surface area contributed by atoms with Crippen LogP contribution in [0.5, 0.6) is 5.75 Å². The van der Waals surface area contributed by atoms with Crippen molar-refractivity contribution >= 4 is 56.5 Å². The van der Waals surface area contributed by atoms with Crippen LogP contribution in [0, 0.1) is 0 Å². The van der Waals surface area contributed by atoms with Gasteiger partial charge in [-0.3, -0.25) is 4.79 Å². The SMILES string of the molecule is CC(OC(=O)COc1cc(Cl)c(Cl)cc1Cl)C(=O)N(C)C1CCS(=O)(=O)C1. The van der Waals surface area contributed by atoms with Crippen LogP contribution in [0.2, 0.25) is 15.1 Å². The normalized spacial score (nSPS) is 19.4. The summed E-state index contributed by atoms with van der Waals surface area (Å²) in [6.45, 7) is 0.920. The average Bonchev–Trinajstić information content (AvgIpc) is 2.95. The largest absolute Gasteiger partial charge is 0.480 e. The fourth-order valence-corrected chi connectivity index (χ4v) is 4.95. The van der Waals surface area contributed by atoms with Gasteiger partial charge in [0.1, 0.15) is 5.75 Å².